The predicted octanol–water partition coefficient (Wildman–Crippen LogP) is 2.73. The summed E-state index contributed by atoms with van der Waals surface area (Å²) < 4.78 is 24.5. The number of hydrogen-bond acceptors (Lipinski definition) is 6. The van der Waals surface area contributed by atoms with Gasteiger partial charge in [0.25, 0.3) is 0 Å². The van der Waals surface area contributed by atoms with Crippen LogP contribution in [0.2, 0.25) is 0 Å². The normalized spacial score (nSPS) is 15.2. The van der Waals surface area contributed by atoms with Crippen LogP contribution >= 0.6 is 0 Å². The fourth-order valence-electron chi connectivity index (χ4n) is 3.55. The number of carbonyl (C=O) groups is 1. The zero-order chi connectivity index (χ0) is 22.5. The Morgan fingerprint density at radius 1 is 1.47 bits per heavy atom. The van der Waals surface area contributed by atoms with Gasteiger partial charge in [0.15, 0.2) is 17.3 Å². The molecule has 164 valence electrons. The summed E-state index contributed by atoms with van der Waals surface area (Å²) >= 11 is 0. The lowest BCUT2D eigenvalue weighted by Gasteiger charge is -2.15. The molecule has 1 fully saturated rings. The molecule has 0 aliphatic carbocycles. The molecule has 4 rings (SSSR count). The molecule has 3 heterocycles. The molecular weight excluding hydrogens is 413 g/mol. The van der Waals surface area contributed by atoms with Crippen molar-refractivity contribution in [3.63, 3.8) is 0 Å². The number of halogens is 1. The van der Waals surface area contributed by atoms with Gasteiger partial charge in [-0.25, -0.2) is 14.4 Å². The number of amides is 1. The van der Waals surface area contributed by atoms with Crippen LogP contribution in [0.5, 0.6) is 11.5 Å². The van der Waals surface area contributed by atoms with E-state index in [0.29, 0.717) is 36.0 Å². The monoisotopic (exact) mass is 435 g/mol. The Bertz CT molecular complexity index is 1210. The molecule has 1 amide bonds. The molecule has 2 N–H and O–H groups in total. The van der Waals surface area contributed by atoms with Gasteiger partial charge in [0.2, 0.25) is 5.91 Å². The second-order valence-corrected chi connectivity index (χ2v) is 7.15. The molecule has 1 unspecified atom stereocenters. The molecule has 1 aliphatic heterocycles. The number of benzene rings is 1. The minimum atomic E-state index is -0.511. The van der Waals surface area contributed by atoms with Crippen molar-refractivity contribution in [2.45, 2.75) is 12.5 Å². The number of likely N-dealkylation sites (tertiary alicyclic amines) is 1. The Morgan fingerprint density at radius 3 is 3.16 bits per heavy atom. The number of aromatic amines is 1. The highest BCUT2D eigenvalue weighted by atomic mass is 19.1. The van der Waals surface area contributed by atoms with Crippen LogP contribution < -0.4 is 14.8 Å². The molecule has 8 nitrogen and oxygen atoms in total. The van der Waals surface area contributed by atoms with Crippen molar-refractivity contribution < 1.29 is 18.7 Å². The second-order valence-electron chi connectivity index (χ2n) is 7.15. The predicted molar refractivity (Wildman–Crippen MR) is 118 cm³/mol. The molecule has 0 radical (unpaired) electrons. The topological polar surface area (TPSA) is 92.4 Å². The van der Waals surface area contributed by atoms with Crippen LogP contribution in [0.1, 0.15) is 12.1 Å². The number of fused-ring (bicyclic) bond motifs is 1. The van der Waals surface area contributed by atoms with Crippen LogP contribution in [-0.2, 0) is 4.79 Å². The number of anilines is 1. The Kier molecular flexibility index (Phi) is 6.22. The number of para-hydroxylation sites is 1. The van der Waals surface area contributed by atoms with Gasteiger partial charge in [-0.15, -0.1) is 0 Å². The van der Waals surface area contributed by atoms with E-state index in [1.54, 1.807) is 17.0 Å². The van der Waals surface area contributed by atoms with Crippen LogP contribution in [0.3, 0.4) is 0 Å². The first kappa shape index (κ1) is 21.2. The van der Waals surface area contributed by atoms with Crippen molar-refractivity contribution in [3.8, 4) is 23.3 Å². The lowest BCUT2D eigenvalue weighted by Crippen LogP contribution is -2.30. The van der Waals surface area contributed by atoms with E-state index in [2.05, 4.69) is 38.7 Å². The summed E-state index contributed by atoms with van der Waals surface area (Å²) in [6, 6.07) is 6.39. The molecule has 1 aliphatic rings. The van der Waals surface area contributed by atoms with Crippen molar-refractivity contribution >= 4 is 22.8 Å². The maximum atomic E-state index is 13.9. The average Bonchev–Trinajstić information content (AvgIpc) is 3.44. The smallest absolute Gasteiger partial charge is 0.246 e. The maximum absolute atomic E-state index is 13.9. The van der Waals surface area contributed by atoms with Crippen molar-refractivity contribution in [3.05, 3.63) is 54.8 Å². The van der Waals surface area contributed by atoms with E-state index >= 15 is 0 Å². The zero-order valence-corrected chi connectivity index (χ0v) is 17.5. The van der Waals surface area contributed by atoms with Gasteiger partial charge in [-0.3, -0.25) is 4.79 Å². The molecule has 1 saturated heterocycles. The van der Waals surface area contributed by atoms with E-state index in [1.807, 2.05) is 6.07 Å². The number of nitrogens with one attached hydrogen (secondary N) is 2. The van der Waals surface area contributed by atoms with Crippen molar-refractivity contribution in [1.82, 2.24) is 19.9 Å². The summed E-state index contributed by atoms with van der Waals surface area (Å²) in [4.78, 5) is 25.3. The largest absolute Gasteiger partial charge is 0.493 e. The van der Waals surface area contributed by atoms with Gasteiger partial charge in [0.1, 0.15) is 24.4 Å². The van der Waals surface area contributed by atoms with Gasteiger partial charge >= 0.3 is 0 Å². The summed E-state index contributed by atoms with van der Waals surface area (Å²) in [6.07, 6.45) is 3.61. The Hall–Kier alpha value is -4.06. The summed E-state index contributed by atoms with van der Waals surface area (Å²) in [7, 11) is 1.45. The van der Waals surface area contributed by atoms with E-state index in [9.17, 15) is 9.18 Å². The van der Waals surface area contributed by atoms with E-state index in [-0.39, 0.29) is 24.3 Å². The number of carbonyl (C=O) groups excluding carboxylic acids is 1. The van der Waals surface area contributed by atoms with Crippen LogP contribution in [0.4, 0.5) is 10.2 Å². The SMILES string of the molecule is C=CC(=O)N1CCC(Nc2ncnc3[nH]c(C#CCOc4c(F)cccc4OC)cc23)C1. The maximum Gasteiger partial charge on any atom is 0.246 e. The van der Waals surface area contributed by atoms with Crippen LogP contribution in [0.25, 0.3) is 11.0 Å². The molecule has 2 aromatic heterocycles. The van der Waals surface area contributed by atoms with Crippen LogP contribution in [0, 0.1) is 17.7 Å². The minimum Gasteiger partial charge on any atom is -0.493 e. The number of rotatable bonds is 6. The third kappa shape index (κ3) is 4.49. The van der Waals surface area contributed by atoms with Gasteiger partial charge in [-0.05, 0) is 36.6 Å². The first-order chi connectivity index (χ1) is 15.6. The first-order valence-electron chi connectivity index (χ1n) is 10.0. The molecule has 3 aromatic rings. The van der Waals surface area contributed by atoms with E-state index in [1.165, 1.54) is 25.6 Å². The number of ether oxygens (including phenoxy) is 2. The molecule has 9 heteroatoms. The van der Waals surface area contributed by atoms with E-state index < -0.39 is 5.82 Å². The zero-order valence-electron chi connectivity index (χ0n) is 17.5. The van der Waals surface area contributed by atoms with Crippen LogP contribution in [-0.4, -0.2) is 58.6 Å². The van der Waals surface area contributed by atoms with Crippen molar-refractivity contribution in [1.29, 1.82) is 0 Å². The van der Waals surface area contributed by atoms with Gasteiger partial charge in [-0.1, -0.05) is 18.6 Å². The number of H-pyrrole nitrogens is 1. The summed E-state index contributed by atoms with van der Waals surface area (Å²) in [5.41, 5.74) is 1.27. The van der Waals surface area contributed by atoms with Gasteiger partial charge < -0.3 is 24.7 Å². The second kappa shape index (κ2) is 9.39. The van der Waals surface area contributed by atoms with Gasteiger partial charge in [0, 0.05) is 19.1 Å². The molecule has 1 aromatic carbocycles. The Labute approximate surface area is 184 Å². The summed E-state index contributed by atoms with van der Waals surface area (Å²) in [5.74, 6) is 6.24. The highest BCUT2D eigenvalue weighted by Crippen LogP contribution is 2.29. The number of aromatic nitrogens is 3. The fourth-order valence-corrected chi connectivity index (χ4v) is 3.55. The lowest BCUT2D eigenvalue weighted by molar-refractivity contribution is -0.125. The highest BCUT2D eigenvalue weighted by Gasteiger charge is 2.25. The third-order valence-electron chi connectivity index (χ3n) is 5.10. The fraction of sp³-hybridized carbons (Fsp3) is 0.261. The van der Waals surface area contributed by atoms with Crippen molar-refractivity contribution in [2.24, 2.45) is 0 Å². The van der Waals surface area contributed by atoms with Crippen LogP contribution in [0.15, 0.2) is 43.2 Å². The lowest BCUT2D eigenvalue weighted by atomic mass is 10.2. The molecular formula is C23H22FN5O3. The Morgan fingerprint density at radius 2 is 2.34 bits per heavy atom. The standard InChI is InChI=1S/C23H22FN5O3/c1-3-20(30)29-10-9-16(13-29)28-23-17-12-15(27-22(17)25-14-26-23)6-5-11-32-21-18(24)7-4-8-19(21)31-2/h3-4,7-8,12,14,16H,1,9-11,13H2,2H3,(H2,25,26,27,28). The summed E-state index contributed by atoms with van der Waals surface area (Å²) in [5, 5.41) is 4.18. The number of methoxy groups -OCH3 is 1. The van der Waals surface area contributed by atoms with E-state index in [0.717, 1.165) is 11.8 Å². The Balaban J connectivity index is 1.44. The number of nitrogens with zero attached hydrogens (tertiary/aromatic N) is 3. The van der Waals surface area contributed by atoms with Gasteiger partial charge in [-0.2, -0.15) is 0 Å². The molecule has 0 saturated carbocycles. The molecule has 32 heavy (non-hydrogen) atoms. The molecule has 0 spiro atoms. The van der Waals surface area contributed by atoms with E-state index in [4.69, 9.17) is 9.47 Å². The van der Waals surface area contributed by atoms with Gasteiger partial charge in [0.05, 0.1) is 18.2 Å². The summed E-state index contributed by atoms with van der Waals surface area (Å²) in [6.45, 7) is 4.78. The molecule has 0 bridgehead atoms. The third-order valence-corrected chi connectivity index (χ3v) is 5.10. The average molecular weight is 435 g/mol. The molecule has 1 atom stereocenters. The van der Waals surface area contributed by atoms with Crippen molar-refractivity contribution in [2.75, 3.05) is 32.1 Å². The minimum absolute atomic E-state index is 0.0152. The number of hydrogen-bond donors (Lipinski definition) is 2. The highest BCUT2D eigenvalue weighted by molar-refractivity contribution is 5.89. The quantitative estimate of drug-likeness (QED) is 0.457. The first-order valence-corrected chi connectivity index (χ1v) is 10.0.